The summed E-state index contributed by atoms with van der Waals surface area (Å²) in [6.07, 6.45) is 5.09. The van der Waals surface area contributed by atoms with Gasteiger partial charge in [0.25, 0.3) is 0 Å². The van der Waals surface area contributed by atoms with Gasteiger partial charge in [0.05, 0.1) is 6.04 Å². The molecule has 4 nitrogen and oxygen atoms in total. The molecule has 0 saturated heterocycles. The zero-order valence-corrected chi connectivity index (χ0v) is 13.3. The van der Waals surface area contributed by atoms with Crippen LogP contribution in [0.25, 0.3) is 0 Å². The lowest BCUT2D eigenvalue weighted by molar-refractivity contribution is 0.108. The van der Waals surface area contributed by atoms with Crippen LogP contribution >= 0.6 is 0 Å². The van der Waals surface area contributed by atoms with Crippen LogP contribution in [0, 0.1) is 0 Å². The van der Waals surface area contributed by atoms with E-state index in [1.807, 2.05) is 6.07 Å². The van der Waals surface area contributed by atoms with Gasteiger partial charge in [-0.2, -0.15) is 0 Å². The van der Waals surface area contributed by atoms with Gasteiger partial charge in [-0.3, -0.25) is 0 Å². The van der Waals surface area contributed by atoms with Gasteiger partial charge in [-0.15, -0.1) is 0 Å². The fraction of sp³-hybridized carbons (Fsp3) is 0.647. The molecule has 1 aliphatic carbocycles. The van der Waals surface area contributed by atoms with E-state index in [4.69, 9.17) is 9.47 Å². The van der Waals surface area contributed by atoms with Gasteiger partial charge in [0.1, 0.15) is 13.2 Å². The molecule has 3 rings (SSSR count). The van der Waals surface area contributed by atoms with Gasteiger partial charge in [0, 0.05) is 5.54 Å². The molecule has 116 valence electrons. The van der Waals surface area contributed by atoms with Crippen LogP contribution in [0.2, 0.25) is 0 Å². The van der Waals surface area contributed by atoms with Crippen molar-refractivity contribution < 1.29 is 9.47 Å². The van der Waals surface area contributed by atoms with Crippen molar-refractivity contribution in [2.24, 2.45) is 0 Å². The molecule has 1 atom stereocenters. The first-order valence-electron chi connectivity index (χ1n) is 7.91. The Morgan fingerprint density at radius 1 is 1.10 bits per heavy atom. The van der Waals surface area contributed by atoms with Crippen LogP contribution in [0.4, 0.5) is 0 Å². The van der Waals surface area contributed by atoms with E-state index in [0.717, 1.165) is 11.5 Å². The Balaban J connectivity index is 1.95. The summed E-state index contributed by atoms with van der Waals surface area (Å²) in [6.45, 7) is 1.28. The van der Waals surface area contributed by atoms with Crippen LogP contribution in [0.3, 0.4) is 0 Å². The molecule has 1 heterocycles. The van der Waals surface area contributed by atoms with Crippen molar-refractivity contribution in [3.05, 3.63) is 23.8 Å². The lowest BCUT2D eigenvalue weighted by Gasteiger charge is -2.43. The lowest BCUT2D eigenvalue weighted by Crippen LogP contribution is -2.51. The Morgan fingerprint density at radius 3 is 2.38 bits per heavy atom. The molecule has 0 radical (unpaired) electrons. The third kappa shape index (κ3) is 2.51. The van der Waals surface area contributed by atoms with E-state index >= 15 is 0 Å². The predicted octanol–water partition coefficient (Wildman–Crippen LogP) is 2.59. The van der Waals surface area contributed by atoms with E-state index in [1.165, 1.54) is 31.2 Å². The molecule has 1 aromatic carbocycles. The molecule has 1 N–H and O–H groups in total. The van der Waals surface area contributed by atoms with Crippen molar-refractivity contribution in [3.8, 4) is 11.5 Å². The normalized spacial score (nSPS) is 21.5. The molecule has 1 fully saturated rings. The molecule has 1 aliphatic heterocycles. The zero-order valence-electron chi connectivity index (χ0n) is 13.3. The second-order valence-corrected chi connectivity index (χ2v) is 6.33. The predicted molar refractivity (Wildman–Crippen MR) is 84.1 cm³/mol. The molecule has 0 aromatic heterocycles. The average Bonchev–Trinajstić information content (AvgIpc) is 2.99. The Kier molecular flexibility index (Phi) is 4.09. The monoisotopic (exact) mass is 290 g/mol. The van der Waals surface area contributed by atoms with Gasteiger partial charge < -0.3 is 19.7 Å². The average molecular weight is 290 g/mol. The largest absolute Gasteiger partial charge is 0.486 e. The maximum atomic E-state index is 5.75. The maximum Gasteiger partial charge on any atom is 0.161 e. The number of nitrogens with one attached hydrogen (secondary N) is 1. The number of ether oxygens (including phenoxy) is 2. The van der Waals surface area contributed by atoms with Crippen LogP contribution in [0.5, 0.6) is 11.5 Å². The summed E-state index contributed by atoms with van der Waals surface area (Å²) in [5.74, 6) is 1.75. The number of likely N-dealkylation sites (N-methyl/N-ethyl adjacent to an activating group) is 2. The molecule has 0 amide bonds. The number of benzene rings is 1. The van der Waals surface area contributed by atoms with E-state index < -0.39 is 0 Å². The van der Waals surface area contributed by atoms with Crippen molar-refractivity contribution in [3.63, 3.8) is 0 Å². The van der Waals surface area contributed by atoms with Crippen LogP contribution in [-0.4, -0.2) is 44.8 Å². The summed E-state index contributed by atoms with van der Waals surface area (Å²) in [5, 5.41) is 3.55. The smallest absolute Gasteiger partial charge is 0.161 e. The van der Waals surface area contributed by atoms with Crippen LogP contribution in [-0.2, 0) is 0 Å². The summed E-state index contributed by atoms with van der Waals surface area (Å²) in [7, 11) is 6.46. The van der Waals surface area contributed by atoms with Crippen LogP contribution in [0.15, 0.2) is 18.2 Å². The quantitative estimate of drug-likeness (QED) is 0.924. The SMILES string of the molecule is CNC(c1ccc2c(c1)OCCO2)C1(N(C)C)CCCC1. The Bertz CT molecular complexity index is 496. The zero-order chi connectivity index (χ0) is 14.9. The Morgan fingerprint density at radius 2 is 1.76 bits per heavy atom. The molecule has 1 unspecified atom stereocenters. The molecule has 0 bridgehead atoms. The van der Waals surface area contributed by atoms with Crippen molar-refractivity contribution >= 4 is 0 Å². The van der Waals surface area contributed by atoms with E-state index in [2.05, 4.69) is 43.5 Å². The summed E-state index contributed by atoms with van der Waals surface area (Å²) in [6, 6.07) is 6.69. The van der Waals surface area contributed by atoms with Crippen molar-refractivity contribution in [1.82, 2.24) is 10.2 Å². The van der Waals surface area contributed by atoms with Gasteiger partial charge >= 0.3 is 0 Å². The van der Waals surface area contributed by atoms with Gasteiger partial charge in [0.2, 0.25) is 0 Å². The summed E-state index contributed by atoms with van der Waals surface area (Å²) >= 11 is 0. The number of nitrogens with zero attached hydrogens (tertiary/aromatic N) is 1. The fourth-order valence-electron chi connectivity index (χ4n) is 3.97. The molecule has 2 aliphatic rings. The maximum absolute atomic E-state index is 5.75. The molecule has 21 heavy (non-hydrogen) atoms. The highest BCUT2D eigenvalue weighted by atomic mass is 16.6. The first kappa shape index (κ1) is 14.7. The van der Waals surface area contributed by atoms with E-state index in [1.54, 1.807) is 0 Å². The summed E-state index contributed by atoms with van der Waals surface area (Å²) < 4.78 is 11.4. The first-order chi connectivity index (χ1) is 10.2. The number of hydrogen-bond donors (Lipinski definition) is 1. The standard InChI is InChI=1S/C17H26N2O2/c1-18-16(17(19(2)3)8-4-5-9-17)13-6-7-14-15(12-13)21-11-10-20-14/h6-7,12,16,18H,4-5,8-11H2,1-3H3. The Labute approximate surface area is 127 Å². The van der Waals surface area contributed by atoms with Gasteiger partial charge in [0.15, 0.2) is 11.5 Å². The summed E-state index contributed by atoms with van der Waals surface area (Å²) in [4.78, 5) is 2.40. The van der Waals surface area contributed by atoms with Crippen molar-refractivity contribution in [2.45, 2.75) is 37.3 Å². The number of fused-ring (bicyclic) bond motifs is 1. The van der Waals surface area contributed by atoms with E-state index in [-0.39, 0.29) is 5.54 Å². The lowest BCUT2D eigenvalue weighted by atomic mass is 9.82. The van der Waals surface area contributed by atoms with Crippen molar-refractivity contribution in [2.75, 3.05) is 34.4 Å². The molecule has 4 heteroatoms. The second-order valence-electron chi connectivity index (χ2n) is 6.33. The third-order valence-electron chi connectivity index (χ3n) is 5.09. The van der Waals surface area contributed by atoms with E-state index in [0.29, 0.717) is 19.3 Å². The molecule has 0 spiro atoms. The number of rotatable bonds is 4. The Hall–Kier alpha value is -1.26. The van der Waals surface area contributed by atoms with Gasteiger partial charge in [-0.25, -0.2) is 0 Å². The third-order valence-corrected chi connectivity index (χ3v) is 5.09. The number of hydrogen-bond acceptors (Lipinski definition) is 4. The highest BCUT2D eigenvalue weighted by Crippen LogP contribution is 2.44. The van der Waals surface area contributed by atoms with Crippen molar-refractivity contribution in [1.29, 1.82) is 0 Å². The van der Waals surface area contributed by atoms with Crippen LogP contribution in [0.1, 0.15) is 37.3 Å². The minimum Gasteiger partial charge on any atom is -0.486 e. The molecular formula is C17H26N2O2. The van der Waals surface area contributed by atoms with Gasteiger partial charge in [-0.05, 0) is 51.7 Å². The highest BCUT2D eigenvalue weighted by Gasteiger charge is 2.43. The highest BCUT2D eigenvalue weighted by molar-refractivity contribution is 5.45. The van der Waals surface area contributed by atoms with Gasteiger partial charge in [-0.1, -0.05) is 18.9 Å². The topological polar surface area (TPSA) is 33.7 Å². The second kappa shape index (κ2) is 5.85. The first-order valence-corrected chi connectivity index (χ1v) is 7.91. The molecular weight excluding hydrogens is 264 g/mol. The summed E-state index contributed by atoms with van der Waals surface area (Å²) in [5.41, 5.74) is 1.48. The van der Waals surface area contributed by atoms with E-state index in [9.17, 15) is 0 Å². The molecule has 1 aromatic rings. The fourth-order valence-corrected chi connectivity index (χ4v) is 3.97. The minimum absolute atomic E-state index is 0.193. The van der Waals surface area contributed by atoms with Crippen LogP contribution < -0.4 is 14.8 Å². The molecule has 1 saturated carbocycles. The minimum atomic E-state index is 0.193.